The topological polar surface area (TPSA) is 72.6 Å². The van der Waals surface area contributed by atoms with Crippen molar-refractivity contribution in [2.24, 2.45) is 0 Å². The van der Waals surface area contributed by atoms with E-state index >= 15 is 0 Å². The Labute approximate surface area is 151 Å². The van der Waals surface area contributed by atoms with Crippen LogP contribution in [0.5, 0.6) is 0 Å². The quantitative estimate of drug-likeness (QED) is 0.834. The largest absolute Gasteiger partial charge is 0.456 e. The van der Waals surface area contributed by atoms with Gasteiger partial charge in [0.25, 0.3) is 5.91 Å². The van der Waals surface area contributed by atoms with E-state index in [4.69, 9.17) is 10.5 Å². The molecule has 2 aromatic rings. The summed E-state index contributed by atoms with van der Waals surface area (Å²) < 4.78 is 5.48. The Kier molecular flexibility index (Phi) is 4.56. The lowest BCUT2D eigenvalue weighted by atomic mass is 10.0. The summed E-state index contributed by atoms with van der Waals surface area (Å²) >= 11 is 1.37. The number of amides is 1. The number of hydrogen-bond acceptors (Lipinski definition) is 5. The van der Waals surface area contributed by atoms with E-state index in [2.05, 4.69) is 0 Å². The van der Waals surface area contributed by atoms with Crippen molar-refractivity contribution in [3.8, 4) is 0 Å². The lowest BCUT2D eigenvalue weighted by Gasteiger charge is -2.27. The summed E-state index contributed by atoms with van der Waals surface area (Å²) in [6.07, 6.45) is 0.607. The fraction of sp³-hybridized carbons (Fsp3) is 0.368. The first-order chi connectivity index (χ1) is 11.8. The van der Waals surface area contributed by atoms with Crippen LogP contribution in [0, 0.1) is 0 Å². The molecule has 132 valence electrons. The highest BCUT2D eigenvalue weighted by molar-refractivity contribution is 7.16. The molecule has 2 heterocycles. The minimum absolute atomic E-state index is 0.00274. The number of ether oxygens (including phenoxy) is 1. The van der Waals surface area contributed by atoms with Crippen LogP contribution in [0.15, 0.2) is 30.3 Å². The molecular weight excluding hydrogens is 336 g/mol. The van der Waals surface area contributed by atoms with Crippen molar-refractivity contribution in [3.05, 3.63) is 51.9 Å². The molecule has 1 aliphatic heterocycles. The van der Waals surface area contributed by atoms with Crippen molar-refractivity contribution in [2.75, 3.05) is 12.3 Å². The molecule has 25 heavy (non-hydrogen) atoms. The van der Waals surface area contributed by atoms with E-state index in [1.807, 2.05) is 51.1 Å². The summed E-state index contributed by atoms with van der Waals surface area (Å²) in [6.45, 7) is 6.54. The molecule has 1 aromatic heterocycles. The molecule has 0 unspecified atom stereocenters. The molecule has 1 aliphatic rings. The van der Waals surface area contributed by atoms with E-state index in [9.17, 15) is 9.59 Å². The second kappa shape index (κ2) is 6.52. The normalized spacial score (nSPS) is 14.1. The highest BCUT2D eigenvalue weighted by Crippen LogP contribution is 2.36. The Morgan fingerprint density at radius 2 is 1.88 bits per heavy atom. The number of thiophene rings is 1. The lowest BCUT2D eigenvalue weighted by molar-refractivity contribution is 0.00698. The molecule has 0 fully saturated rings. The highest BCUT2D eigenvalue weighted by Gasteiger charge is 2.31. The van der Waals surface area contributed by atoms with Gasteiger partial charge in [-0.2, -0.15) is 0 Å². The summed E-state index contributed by atoms with van der Waals surface area (Å²) in [5.74, 6) is -0.387. The molecule has 3 rings (SSSR count). The average molecular weight is 358 g/mol. The monoisotopic (exact) mass is 358 g/mol. The van der Waals surface area contributed by atoms with Gasteiger partial charge < -0.3 is 15.4 Å². The first kappa shape index (κ1) is 17.5. The number of rotatable bonds is 2. The predicted molar refractivity (Wildman–Crippen MR) is 98.8 cm³/mol. The molecule has 0 saturated heterocycles. The van der Waals surface area contributed by atoms with Crippen molar-refractivity contribution in [3.63, 3.8) is 0 Å². The Hall–Kier alpha value is -2.34. The van der Waals surface area contributed by atoms with E-state index in [0.29, 0.717) is 35.6 Å². The fourth-order valence-corrected chi connectivity index (χ4v) is 4.04. The molecule has 0 aliphatic carbocycles. The number of hydrogen-bond donors (Lipinski definition) is 1. The number of nitrogens with zero attached hydrogens (tertiary/aromatic N) is 1. The van der Waals surface area contributed by atoms with Crippen LogP contribution in [0.3, 0.4) is 0 Å². The first-order valence-corrected chi connectivity index (χ1v) is 9.05. The Morgan fingerprint density at radius 1 is 1.20 bits per heavy atom. The number of anilines is 1. The zero-order valence-electron chi connectivity index (χ0n) is 14.7. The van der Waals surface area contributed by atoms with Crippen molar-refractivity contribution in [1.82, 2.24) is 4.90 Å². The van der Waals surface area contributed by atoms with Gasteiger partial charge in [-0.25, -0.2) is 4.79 Å². The van der Waals surface area contributed by atoms with Crippen LogP contribution in [0.2, 0.25) is 0 Å². The third-order valence-electron chi connectivity index (χ3n) is 4.00. The minimum Gasteiger partial charge on any atom is -0.456 e. The fourth-order valence-electron chi connectivity index (χ4n) is 2.91. The Bertz CT molecular complexity index is 806. The lowest BCUT2D eigenvalue weighted by Crippen LogP contribution is -2.36. The number of esters is 1. The van der Waals surface area contributed by atoms with E-state index in [-0.39, 0.29) is 11.9 Å². The maximum atomic E-state index is 12.6. The van der Waals surface area contributed by atoms with Crippen molar-refractivity contribution < 1.29 is 14.3 Å². The van der Waals surface area contributed by atoms with Gasteiger partial charge in [0.15, 0.2) is 0 Å². The number of nitrogen functional groups attached to an aromatic ring is 1. The minimum atomic E-state index is -0.567. The van der Waals surface area contributed by atoms with Crippen molar-refractivity contribution >= 4 is 28.2 Å². The maximum absolute atomic E-state index is 12.6. The maximum Gasteiger partial charge on any atom is 0.341 e. The van der Waals surface area contributed by atoms with E-state index in [1.165, 1.54) is 11.3 Å². The van der Waals surface area contributed by atoms with Crippen LogP contribution in [-0.4, -0.2) is 28.9 Å². The van der Waals surface area contributed by atoms with E-state index < -0.39 is 5.60 Å². The SMILES string of the molecule is CC(C)(C)OC(=O)c1c(N)sc2c1CCN(C(=O)c1ccccc1)C2. The van der Waals surface area contributed by atoms with Gasteiger partial charge in [-0.3, -0.25) is 4.79 Å². The van der Waals surface area contributed by atoms with Gasteiger partial charge in [-0.1, -0.05) is 18.2 Å². The van der Waals surface area contributed by atoms with Crippen LogP contribution >= 0.6 is 11.3 Å². The van der Waals surface area contributed by atoms with Crippen LogP contribution in [-0.2, 0) is 17.7 Å². The molecule has 5 nitrogen and oxygen atoms in total. The Morgan fingerprint density at radius 3 is 2.52 bits per heavy atom. The average Bonchev–Trinajstić information content (AvgIpc) is 2.88. The second-order valence-corrected chi connectivity index (χ2v) is 8.22. The third kappa shape index (κ3) is 3.69. The van der Waals surface area contributed by atoms with Gasteiger partial charge in [-0.15, -0.1) is 11.3 Å². The zero-order valence-corrected chi connectivity index (χ0v) is 15.5. The van der Waals surface area contributed by atoms with Gasteiger partial charge >= 0.3 is 5.97 Å². The molecule has 1 aromatic carbocycles. The number of benzene rings is 1. The molecular formula is C19H22N2O3S. The summed E-state index contributed by atoms with van der Waals surface area (Å²) in [4.78, 5) is 27.9. The van der Waals surface area contributed by atoms with Gasteiger partial charge in [0.05, 0.1) is 12.1 Å². The van der Waals surface area contributed by atoms with Crippen LogP contribution in [0.1, 0.15) is 51.9 Å². The molecule has 0 atom stereocenters. The molecule has 0 bridgehead atoms. The van der Waals surface area contributed by atoms with Crippen molar-refractivity contribution in [2.45, 2.75) is 39.3 Å². The Balaban J connectivity index is 1.83. The number of nitrogens with two attached hydrogens (primary N) is 1. The molecule has 0 spiro atoms. The van der Waals surface area contributed by atoms with Crippen LogP contribution < -0.4 is 5.73 Å². The summed E-state index contributed by atoms with van der Waals surface area (Å²) in [7, 11) is 0. The summed E-state index contributed by atoms with van der Waals surface area (Å²) in [6, 6.07) is 9.22. The smallest absolute Gasteiger partial charge is 0.341 e. The molecule has 0 saturated carbocycles. The van der Waals surface area contributed by atoms with Crippen molar-refractivity contribution in [1.29, 1.82) is 0 Å². The summed E-state index contributed by atoms with van der Waals surface area (Å²) in [5.41, 5.74) is 7.59. The van der Waals surface area contributed by atoms with Gasteiger partial charge in [0.2, 0.25) is 0 Å². The van der Waals surface area contributed by atoms with Gasteiger partial charge in [0, 0.05) is 17.0 Å². The number of carbonyl (C=O) groups is 2. The zero-order chi connectivity index (χ0) is 18.2. The highest BCUT2D eigenvalue weighted by atomic mass is 32.1. The second-order valence-electron chi connectivity index (χ2n) is 7.09. The van der Waals surface area contributed by atoms with Crippen LogP contribution in [0.4, 0.5) is 5.00 Å². The van der Waals surface area contributed by atoms with E-state index in [1.54, 1.807) is 4.90 Å². The molecule has 1 amide bonds. The van der Waals surface area contributed by atoms with Gasteiger partial charge in [-0.05, 0) is 44.9 Å². The number of carbonyl (C=O) groups excluding carboxylic acids is 2. The standard InChI is InChI=1S/C19H22N2O3S/c1-19(2,3)24-18(23)15-13-9-10-21(11-14(13)25-16(15)20)17(22)12-7-5-4-6-8-12/h4-8H,9-11,20H2,1-3H3. The predicted octanol–water partition coefficient (Wildman–Crippen LogP) is 3.48. The van der Waals surface area contributed by atoms with Gasteiger partial charge in [0.1, 0.15) is 10.6 Å². The molecule has 6 heteroatoms. The summed E-state index contributed by atoms with van der Waals surface area (Å²) in [5, 5.41) is 0.466. The third-order valence-corrected chi connectivity index (χ3v) is 5.04. The molecule has 2 N–H and O–H groups in total. The molecule has 0 radical (unpaired) electrons. The number of fused-ring (bicyclic) bond motifs is 1. The first-order valence-electron chi connectivity index (χ1n) is 8.24. The van der Waals surface area contributed by atoms with E-state index in [0.717, 1.165) is 10.4 Å². The van der Waals surface area contributed by atoms with Crippen LogP contribution in [0.25, 0.3) is 0 Å².